The van der Waals surface area contributed by atoms with Crippen molar-refractivity contribution in [3.8, 4) is 0 Å². The van der Waals surface area contributed by atoms with Crippen molar-refractivity contribution in [2.45, 2.75) is 51.4 Å². The quantitative estimate of drug-likeness (QED) is 0.716. The zero-order valence-electron chi connectivity index (χ0n) is 9.85. The summed E-state index contributed by atoms with van der Waals surface area (Å²) >= 11 is 9.63. The maximum Gasteiger partial charge on any atom is 0.147 e. The van der Waals surface area contributed by atoms with Gasteiger partial charge in [-0.1, -0.05) is 38.8 Å². The summed E-state index contributed by atoms with van der Waals surface area (Å²) in [5.41, 5.74) is 0.999. The highest BCUT2D eigenvalue weighted by atomic mass is 79.9. The van der Waals surface area contributed by atoms with Crippen molar-refractivity contribution in [2.75, 3.05) is 0 Å². The molecule has 1 aliphatic rings. The summed E-state index contributed by atoms with van der Waals surface area (Å²) < 4.78 is 0.838. The molecule has 0 aromatic carbocycles. The molecule has 0 N–H and O–H groups in total. The predicted molar refractivity (Wildman–Crippen MR) is 70.0 cm³/mol. The molecule has 4 heteroatoms. The summed E-state index contributed by atoms with van der Waals surface area (Å²) in [4.78, 5) is 9.06. The van der Waals surface area contributed by atoms with Crippen LogP contribution in [-0.2, 0) is 5.41 Å². The molecule has 1 heterocycles. The maximum atomic E-state index is 6.15. The van der Waals surface area contributed by atoms with Gasteiger partial charge in [-0.2, -0.15) is 0 Å². The Balaban J connectivity index is 2.46. The van der Waals surface area contributed by atoms with Crippen LogP contribution in [0.4, 0.5) is 0 Å². The Morgan fingerprint density at radius 1 is 1.25 bits per heavy atom. The Morgan fingerprint density at radius 3 is 2.31 bits per heavy atom. The highest BCUT2D eigenvalue weighted by molar-refractivity contribution is 9.10. The molecule has 1 fully saturated rings. The van der Waals surface area contributed by atoms with E-state index in [2.05, 4.69) is 46.7 Å². The van der Waals surface area contributed by atoms with Crippen LogP contribution in [0, 0.1) is 0 Å². The third-order valence-electron chi connectivity index (χ3n) is 3.01. The van der Waals surface area contributed by atoms with Gasteiger partial charge in [0.25, 0.3) is 0 Å². The smallest absolute Gasteiger partial charge is 0.147 e. The number of rotatable bonds is 1. The zero-order chi connectivity index (χ0) is 11.9. The molecule has 0 atom stereocenters. The standard InChI is InChI=1S/C12H16BrClN2/c1-12(2,3)9-8(13)10(14)16-11(15-9)7-5-4-6-7/h7H,4-6H2,1-3H3. The molecular formula is C12H16BrClN2. The van der Waals surface area contributed by atoms with Gasteiger partial charge in [0.15, 0.2) is 0 Å². The Bertz CT molecular complexity index is 408. The minimum atomic E-state index is -0.0100. The molecule has 0 saturated heterocycles. The van der Waals surface area contributed by atoms with Crippen LogP contribution < -0.4 is 0 Å². The van der Waals surface area contributed by atoms with E-state index in [1.807, 2.05) is 0 Å². The normalized spacial score (nSPS) is 17.3. The van der Waals surface area contributed by atoms with Gasteiger partial charge in [-0.05, 0) is 28.8 Å². The highest BCUT2D eigenvalue weighted by Gasteiger charge is 2.27. The van der Waals surface area contributed by atoms with Crippen molar-refractivity contribution in [3.63, 3.8) is 0 Å². The Kier molecular flexibility index (Phi) is 3.28. The first kappa shape index (κ1) is 12.3. The Hall–Kier alpha value is -0.150. The van der Waals surface area contributed by atoms with E-state index >= 15 is 0 Å². The van der Waals surface area contributed by atoms with Crippen LogP contribution in [0.1, 0.15) is 57.5 Å². The second kappa shape index (κ2) is 4.26. The highest BCUT2D eigenvalue weighted by Crippen LogP contribution is 2.38. The van der Waals surface area contributed by atoms with Gasteiger partial charge in [0, 0.05) is 11.3 Å². The molecule has 0 aliphatic heterocycles. The summed E-state index contributed by atoms with van der Waals surface area (Å²) in [6.07, 6.45) is 3.68. The van der Waals surface area contributed by atoms with Crippen molar-refractivity contribution < 1.29 is 0 Å². The first-order valence-corrected chi connectivity index (χ1v) is 6.80. The van der Waals surface area contributed by atoms with Gasteiger partial charge in [-0.25, -0.2) is 9.97 Å². The second-order valence-corrected chi connectivity index (χ2v) is 6.56. The lowest BCUT2D eigenvalue weighted by atomic mass is 9.84. The number of hydrogen-bond acceptors (Lipinski definition) is 2. The first-order valence-electron chi connectivity index (χ1n) is 5.63. The number of halogens is 2. The fraction of sp³-hybridized carbons (Fsp3) is 0.667. The molecule has 2 rings (SSSR count). The molecule has 0 amide bonds. The second-order valence-electron chi connectivity index (χ2n) is 5.41. The van der Waals surface area contributed by atoms with Gasteiger partial charge >= 0.3 is 0 Å². The Morgan fingerprint density at radius 2 is 1.88 bits per heavy atom. The largest absolute Gasteiger partial charge is 0.236 e. The molecule has 2 nitrogen and oxygen atoms in total. The van der Waals surface area contributed by atoms with Crippen molar-refractivity contribution in [2.24, 2.45) is 0 Å². The van der Waals surface area contributed by atoms with E-state index in [9.17, 15) is 0 Å². The van der Waals surface area contributed by atoms with E-state index in [4.69, 9.17) is 11.6 Å². The van der Waals surface area contributed by atoms with Crippen LogP contribution in [-0.4, -0.2) is 9.97 Å². The van der Waals surface area contributed by atoms with Gasteiger partial charge in [0.2, 0.25) is 0 Å². The minimum absolute atomic E-state index is 0.0100. The molecule has 88 valence electrons. The summed E-state index contributed by atoms with van der Waals surface area (Å²) in [5, 5.41) is 0.543. The van der Waals surface area contributed by atoms with Gasteiger partial charge in [0.05, 0.1) is 10.2 Å². The lowest BCUT2D eigenvalue weighted by Crippen LogP contribution is -2.20. The zero-order valence-corrected chi connectivity index (χ0v) is 12.2. The molecule has 0 bridgehead atoms. The van der Waals surface area contributed by atoms with Crippen LogP contribution >= 0.6 is 27.5 Å². The third kappa shape index (κ3) is 2.25. The van der Waals surface area contributed by atoms with E-state index in [1.165, 1.54) is 19.3 Å². The summed E-state index contributed by atoms with van der Waals surface area (Å²) in [6.45, 7) is 6.42. The van der Waals surface area contributed by atoms with Gasteiger partial charge in [0.1, 0.15) is 11.0 Å². The number of hydrogen-bond donors (Lipinski definition) is 0. The minimum Gasteiger partial charge on any atom is -0.236 e. The molecule has 0 spiro atoms. The molecule has 0 unspecified atom stereocenters. The first-order chi connectivity index (χ1) is 7.39. The Labute approximate surface area is 110 Å². The van der Waals surface area contributed by atoms with Crippen LogP contribution in [0.25, 0.3) is 0 Å². The molecule has 16 heavy (non-hydrogen) atoms. The van der Waals surface area contributed by atoms with E-state index < -0.39 is 0 Å². The van der Waals surface area contributed by atoms with Crippen LogP contribution in [0.3, 0.4) is 0 Å². The van der Waals surface area contributed by atoms with Crippen LogP contribution in [0.15, 0.2) is 4.47 Å². The van der Waals surface area contributed by atoms with Crippen LogP contribution in [0.5, 0.6) is 0 Å². The predicted octanol–water partition coefficient (Wildman–Crippen LogP) is 4.46. The van der Waals surface area contributed by atoms with E-state index in [0.717, 1.165) is 16.0 Å². The van der Waals surface area contributed by atoms with E-state index in [-0.39, 0.29) is 5.41 Å². The lowest BCUT2D eigenvalue weighted by Gasteiger charge is -2.27. The molecule has 1 saturated carbocycles. The molecule has 1 aromatic rings. The lowest BCUT2D eigenvalue weighted by molar-refractivity contribution is 0.397. The fourth-order valence-corrected chi connectivity index (χ4v) is 2.73. The SMILES string of the molecule is CC(C)(C)c1nc(C2CCC2)nc(Cl)c1Br. The van der Waals surface area contributed by atoms with E-state index in [0.29, 0.717) is 11.1 Å². The van der Waals surface area contributed by atoms with Crippen molar-refractivity contribution in [1.82, 2.24) is 9.97 Å². The third-order valence-corrected chi connectivity index (χ3v) is 4.26. The summed E-state index contributed by atoms with van der Waals surface area (Å²) in [6, 6.07) is 0. The van der Waals surface area contributed by atoms with Gasteiger partial charge in [-0.3, -0.25) is 0 Å². The van der Waals surface area contributed by atoms with Crippen molar-refractivity contribution in [1.29, 1.82) is 0 Å². The number of nitrogens with zero attached hydrogens (tertiary/aromatic N) is 2. The molecule has 1 aliphatic carbocycles. The van der Waals surface area contributed by atoms with Gasteiger partial charge < -0.3 is 0 Å². The maximum absolute atomic E-state index is 6.15. The van der Waals surface area contributed by atoms with E-state index in [1.54, 1.807) is 0 Å². The number of aromatic nitrogens is 2. The molecule has 0 radical (unpaired) electrons. The topological polar surface area (TPSA) is 25.8 Å². The molecular weight excluding hydrogens is 288 g/mol. The van der Waals surface area contributed by atoms with Crippen LogP contribution in [0.2, 0.25) is 5.15 Å². The monoisotopic (exact) mass is 302 g/mol. The van der Waals surface area contributed by atoms with Gasteiger partial charge in [-0.15, -0.1) is 0 Å². The molecule has 1 aromatic heterocycles. The summed E-state index contributed by atoms with van der Waals surface area (Å²) in [7, 11) is 0. The fourth-order valence-electron chi connectivity index (χ4n) is 1.78. The van der Waals surface area contributed by atoms with Crippen molar-refractivity contribution >= 4 is 27.5 Å². The summed E-state index contributed by atoms with van der Waals surface area (Å²) in [5.74, 6) is 1.44. The van der Waals surface area contributed by atoms with Crippen molar-refractivity contribution in [3.05, 3.63) is 21.1 Å². The average molecular weight is 304 g/mol. The average Bonchev–Trinajstić information content (AvgIpc) is 2.05.